The third kappa shape index (κ3) is 8.22. The predicted octanol–water partition coefficient (Wildman–Crippen LogP) is 4.84. The number of ether oxygens (including phenoxy) is 2. The molecule has 114 valence electrons. The summed E-state index contributed by atoms with van der Waals surface area (Å²) in [5.74, 6) is -0.0976. The quantitative estimate of drug-likeness (QED) is 0.310. The highest BCUT2D eigenvalue weighted by Crippen LogP contribution is 2.17. The minimum atomic E-state index is -0.0976. The molecule has 0 aliphatic carbocycles. The van der Waals surface area contributed by atoms with E-state index in [0.717, 1.165) is 29.1 Å². The van der Waals surface area contributed by atoms with Gasteiger partial charge < -0.3 is 9.47 Å². The number of carbonyl (C=O) groups excluding carboxylic acids is 1. The molecule has 0 N–H and O–H groups in total. The van der Waals surface area contributed by atoms with E-state index in [0.29, 0.717) is 6.42 Å². The van der Waals surface area contributed by atoms with Gasteiger partial charge in [-0.1, -0.05) is 25.0 Å². The minimum Gasteiger partial charge on any atom is -0.458 e. The van der Waals surface area contributed by atoms with Gasteiger partial charge in [0, 0.05) is 13.5 Å². The van der Waals surface area contributed by atoms with Crippen molar-refractivity contribution in [2.75, 3.05) is 7.11 Å². The summed E-state index contributed by atoms with van der Waals surface area (Å²) in [6.07, 6.45) is 13.1. The summed E-state index contributed by atoms with van der Waals surface area (Å²) < 4.78 is 11.6. The van der Waals surface area contributed by atoms with E-state index < -0.39 is 0 Å². The first kappa shape index (κ1) is 17.9. The molecule has 1 aliphatic rings. The van der Waals surface area contributed by atoms with Crippen LogP contribution in [-0.4, -0.2) is 25.3 Å². The second-order valence-electron chi connectivity index (χ2n) is 4.86. The number of hydrogen-bond donors (Lipinski definition) is 0. The number of esters is 1. The topological polar surface area (TPSA) is 35.5 Å². The first-order valence-corrected chi connectivity index (χ1v) is 8.62. The SMILES string of the molecule is CO[C@H](C=C[C@H]1CCC(=O)O1)CCCCCC=C(Br)Br. The number of unbranched alkanes of at least 4 members (excludes halogenated alkanes) is 3. The molecule has 1 fully saturated rings. The monoisotopic (exact) mass is 408 g/mol. The molecule has 0 spiro atoms. The van der Waals surface area contributed by atoms with Gasteiger partial charge in [-0.2, -0.15) is 0 Å². The van der Waals surface area contributed by atoms with Crippen molar-refractivity contribution in [3.05, 3.63) is 21.6 Å². The average molecular weight is 410 g/mol. The molecular formula is C15H22Br2O3. The average Bonchev–Trinajstić information content (AvgIpc) is 2.82. The van der Waals surface area contributed by atoms with Crippen LogP contribution in [0.1, 0.15) is 44.9 Å². The Morgan fingerprint density at radius 1 is 1.45 bits per heavy atom. The third-order valence-corrected chi connectivity index (χ3v) is 3.90. The van der Waals surface area contributed by atoms with E-state index >= 15 is 0 Å². The number of rotatable bonds is 9. The number of hydrogen-bond acceptors (Lipinski definition) is 3. The lowest BCUT2D eigenvalue weighted by Crippen LogP contribution is -2.09. The van der Waals surface area contributed by atoms with E-state index in [9.17, 15) is 4.79 Å². The van der Waals surface area contributed by atoms with Crippen molar-refractivity contribution in [2.45, 2.75) is 57.2 Å². The van der Waals surface area contributed by atoms with Crippen molar-refractivity contribution in [1.82, 2.24) is 0 Å². The number of carbonyl (C=O) groups is 1. The molecular weight excluding hydrogens is 388 g/mol. The fourth-order valence-corrected chi connectivity index (χ4v) is 2.56. The Hall–Kier alpha value is -0.130. The van der Waals surface area contributed by atoms with Crippen LogP contribution in [0.15, 0.2) is 21.6 Å². The Kier molecular flexibility index (Phi) is 9.48. The van der Waals surface area contributed by atoms with Crippen molar-refractivity contribution in [1.29, 1.82) is 0 Å². The molecule has 3 nitrogen and oxygen atoms in total. The lowest BCUT2D eigenvalue weighted by Gasteiger charge is -2.11. The number of methoxy groups -OCH3 is 1. The normalized spacial score (nSPS) is 20.1. The summed E-state index contributed by atoms with van der Waals surface area (Å²) in [6.45, 7) is 0. The lowest BCUT2D eigenvalue weighted by molar-refractivity contribution is -0.140. The van der Waals surface area contributed by atoms with Crippen molar-refractivity contribution in [3.8, 4) is 0 Å². The summed E-state index contributed by atoms with van der Waals surface area (Å²) in [4.78, 5) is 11.0. The summed E-state index contributed by atoms with van der Waals surface area (Å²) >= 11 is 6.70. The third-order valence-electron chi connectivity index (χ3n) is 3.25. The molecule has 0 aromatic rings. The van der Waals surface area contributed by atoms with Gasteiger partial charge in [0.05, 0.1) is 9.50 Å². The largest absolute Gasteiger partial charge is 0.458 e. The minimum absolute atomic E-state index is 0.0541. The highest BCUT2D eigenvalue weighted by Gasteiger charge is 2.20. The Balaban J connectivity index is 2.14. The summed E-state index contributed by atoms with van der Waals surface area (Å²) in [5.41, 5.74) is 0. The van der Waals surface area contributed by atoms with Gasteiger partial charge in [0.25, 0.3) is 0 Å². The van der Waals surface area contributed by atoms with Crippen LogP contribution in [-0.2, 0) is 14.3 Å². The maximum absolute atomic E-state index is 11.0. The summed E-state index contributed by atoms with van der Waals surface area (Å²) in [7, 11) is 1.72. The highest BCUT2D eigenvalue weighted by molar-refractivity contribution is 9.28. The zero-order chi connectivity index (χ0) is 14.8. The molecule has 0 amide bonds. The van der Waals surface area contributed by atoms with E-state index in [4.69, 9.17) is 9.47 Å². The fourth-order valence-electron chi connectivity index (χ4n) is 2.10. The first-order chi connectivity index (χ1) is 9.61. The molecule has 1 saturated heterocycles. The molecule has 0 aromatic heterocycles. The molecule has 0 saturated carbocycles. The summed E-state index contributed by atoms with van der Waals surface area (Å²) in [6, 6.07) is 0. The molecule has 0 radical (unpaired) electrons. The Labute approximate surface area is 138 Å². The molecule has 0 aromatic carbocycles. The predicted molar refractivity (Wildman–Crippen MR) is 88.1 cm³/mol. The standard InChI is InChI=1S/C15H22Br2O3/c1-19-12(6-4-2-3-5-7-14(16)17)8-9-13-10-11-15(18)20-13/h7-9,12-13H,2-6,10-11H2,1H3/t12-,13-/m0/s1. The summed E-state index contributed by atoms with van der Waals surface area (Å²) in [5, 5.41) is 0. The van der Waals surface area contributed by atoms with Crippen LogP contribution in [0.3, 0.4) is 0 Å². The number of halogens is 2. The van der Waals surface area contributed by atoms with Gasteiger partial charge in [-0.3, -0.25) is 4.79 Å². The zero-order valence-electron chi connectivity index (χ0n) is 11.8. The Morgan fingerprint density at radius 3 is 2.85 bits per heavy atom. The molecule has 20 heavy (non-hydrogen) atoms. The smallest absolute Gasteiger partial charge is 0.306 e. The van der Waals surface area contributed by atoms with Gasteiger partial charge in [-0.15, -0.1) is 0 Å². The van der Waals surface area contributed by atoms with Crippen LogP contribution in [0.25, 0.3) is 0 Å². The van der Waals surface area contributed by atoms with Crippen molar-refractivity contribution < 1.29 is 14.3 Å². The number of cyclic esters (lactones) is 1. The molecule has 0 bridgehead atoms. The lowest BCUT2D eigenvalue weighted by atomic mass is 10.1. The molecule has 0 unspecified atom stereocenters. The van der Waals surface area contributed by atoms with Gasteiger partial charge in [0.2, 0.25) is 0 Å². The van der Waals surface area contributed by atoms with Crippen LogP contribution in [0.2, 0.25) is 0 Å². The second-order valence-corrected chi connectivity index (χ2v) is 7.63. The van der Waals surface area contributed by atoms with Gasteiger partial charge >= 0.3 is 5.97 Å². The first-order valence-electron chi connectivity index (χ1n) is 7.03. The van der Waals surface area contributed by atoms with E-state index in [2.05, 4.69) is 37.9 Å². The molecule has 2 atom stereocenters. The molecule has 1 aliphatic heterocycles. The van der Waals surface area contributed by atoms with Crippen LogP contribution in [0.5, 0.6) is 0 Å². The van der Waals surface area contributed by atoms with Gasteiger partial charge in [0.1, 0.15) is 6.10 Å². The van der Waals surface area contributed by atoms with Crippen molar-refractivity contribution >= 4 is 37.8 Å². The van der Waals surface area contributed by atoms with E-state index in [1.54, 1.807) is 7.11 Å². The van der Waals surface area contributed by atoms with E-state index in [-0.39, 0.29) is 18.2 Å². The van der Waals surface area contributed by atoms with Crippen LogP contribution < -0.4 is 0 Å². The maximum atomic E-state index is 11.0. The van der Waals surface area contributed by atoms with Crippen molar-refractivity contribution in [3.63, 3.8) is 0 Å². The van der Waals surface area contributed by atoms with E-state index in [1.165, 1.54) is 12.8 Å². The molecule has 1 rings (SSSR count). The Morgan fingerprint density at radius 2 is 2.25 bits per heavy atom. The van der Waals surface area contributed by atoms with E-state index in [1.807, 2.05) is 12.2 Å². The van der Waals surface area contributed by atoms with Crippen LogP contribution in [0, 0.1) is 0 Å². The Bertz CT molecular complexity index is 349. The second kappa shape index (κ2) is 10.6. The highest BCUT2D eigenvalue weighted by atomic mass is 79.9. The van der Waals surface area contributed by atoms with Crippen molar-refractivity contribution in [2.24, 2.45) is 0 Å². The van der Waals surface area contributed by atoms with Crippen LogP contribution in [0.4, 0.5) is 0 Å². The van der Waals surface area contributed by atoms with Gasteiger partial charge in [-0.25, -0.2) is 0 Å². The maximum Gasteiger partial charge on any atom is 0.306 e. The van der Waals surface area contributed by atoms with Crippen LogP contribution >= 0.6 is 31.9 Å². The molecule has 5 heteroatoms. The molecule has 1 heterocycles. The zero-order valence-corrected chi connectivity index (χ0v) is 15.0. The van der Waals surface area contributed by atoms with Gasteiger partial charge in [-0.05, 0) is 63.6 Å². The number of allylic oxidation sites excluding steroid dienone is 1. The fraction of sp³-hybridized carbons (Fsp3) is 0.667. The van der Waals surface area contributed by atoms with Gasteiger partial charge in [0.15, 0.2) is 0 Å².